The van der Waals surface area contributed by atoms with Crippen molar-refractivity contribution in [1.82, 2.24) is 4.98 Å². The van der Waals surface area contributed by atoms with Gasteiger partial charge in [0.1, 0.15) is 5.75 Å². The lowest BCUT2D eigenvalue weighted by Gasteiger charge is -1.98. The highest BCUT2D eigenvalue weighted by Crippen LogP contribution is 2.22. The number of nitrogens with zero attached hydrogens (tertiary/aromatic N) is 2. The number of ketones is 1. The number of aromatic nitrogens is 1. The molecular formula is C14H15N3O2S. The highest BCUT2D eigenvalue weighted by atomic mass is 32.1. The SMILES string of the molecule is COc1ccc(C=NNc2nc(C)c(C(C)=O)s2)cc1. The van der Waals surface area contributed by atoms with Gasteiger partial charge in [-0.15, -0.1) is 0 Å². The first kappa shape index (κ1) is 14.2. The van der Waals surface area contributed by atoms with Crippen molar-refractivity contribution in [3.8, 4) is 5.75 Å². The van der Waals surface area contributed by atoms with Gasteiger partial charge >= 0.3 is 0 Å². The molecule has 1 N–H and O–H groups in total. The fourth-order valence-corrected chi connectivity index (χ4v) is 2.43. The largest absolute Gasteiger partial charge is 0.497 e. The summed E-state index contributed by atoms with van der Waals surface area (Å²) in [6.45, 7) is 3.34. The third-order valence-electron chi connectivity index (χ3n) is 2.61. The molecule has 1 aromatic heterocycles. The van der Waals surface area contributed by atoms with E-state index in [1.54, 1.807) is 13.3 Å². The first-order chi connectivity index (χ1) is 9.60. The van der Waals surface area contributed by atoms with E-state index in [-0.39, 0.29) is 5.78 Å². The highest BCUT2D eigenvalue weighted by molar-refractivity contribution is 7.17. The first-order valence-electron chi connectivity index (χ1n) is 6.01. The van der Waals surface area contributed by atoms with Crippen LogP contribution in [0.2, 0.25) is 0 Å². The standard InChI is InChI=1S/C14H15N3O2S/c1-9-13(10(2)18)20-14(16-9)17-15-8-11-4-6-12(19-3)7-5-11/h4-8H,1-3H3,(H,16,17). The first-order valence-corrected chi connectivity index (χ1v) is 6.83. The maximum Gasteiger partial charge on any atom is 0.204 e. The van der Waals surface area contributed by atoms with E-state index in [2.05, 4.69) is 15.5 Å². The fourth-order valence-electron chi connectivity index (χ4n) is 1.62. The lowest BCUT2D eigenvalue weighted by Crippen LogP contribution is -1.90. The Morgan fingerprint density at radius 2 is 2.10 bits per heavy atom. The molecule has 104 valence electrons. The topological polar surface area (TPSA) is 63.6 Å². The molecule has 0 atom stereocenters. The molecule has 2 aromatic rings. The second-order valence-electron chi connectivity index (χ2n) is 4.13. The lowest BCUT2D eigenvalue weighted by molar-refractivity contribution is 0.102. The van der Waals surface area contributed by atoms with E-state index < -0.39 is 0 Å². The third kappa shape index (κ3) is 3.42. The van der Waals surface area contributed by atoms with Gasteiger partial charge in [-0.3, -0.25) is 10.2 Å². The van der Waals surface area contributed by atoms with Crippen LogP contribution in [0.5, 0.6) is 5.75 Å². The maximum absolute atomic E-state index is 11.3. The van der Waals surface area contributed by atoms with Gasteiger partial charge in [-0.1, -0.05) is 11.3 Å². The molecule has 0 fully saturated rings. The Bertz CT molecular complexity index is 632. The number of nitrogens with one attached hydrogen (secondary N) is 1. The number of benzene rings is 1. The van der Waals surface area contributed by atoms with Gasteiger partial charge < -0.3 is 4.74 Å². The normalized spacial score (nSPS) is 10.8. The number of carbonyl (C=O) groups excluding carboxylic acids is 1. The van der Waals surface area contributed by atoms with E-state index in [4.69, 9.17) is 4.74 Å². The van der Waals surface area contributed by atoms with Crippen LogP contribution in [0, 0.1) is 6.92 Å². The van der Waals surface area contributed by atoms with Crippen LogP contribution in [0.25, 0.3) is 0 Å². The number of methoxy groups -OCH3 is 1. The number of Topliss-reactive ketones (excluding diaryl/α,β-unsaturated/α-hetero) is 1. The summed E-state index contributed by atoms with van der Waals surface area (Å²) in [5.41, 5.74) is 4.50. The summed E-state index contributed by atoms with van der Waals surface area (Å²) in [5.74, 6) is 0.823. The molecule has 0 aliphatic rings. The molecule has 0 bridgehead atoms. The molecule has 0 unspecified atom stereocenters. The predicted molar refractivity (Wildman–Crippen MR) is 81.1 cm³/mol. The molecule has 0 radical (unpaired) electrons. The monoisotopic (exact) mass is 289 g/mol. The van der Waals surface area contributed by atoms with Crippen molar-refractivity contribution in [3.05, 3.63) is 40.4 Å². The quantitative estimate of drug-likeness (QED) is 0.522. The smallest absolute Gasteiger partial charge is 0.204 e. The zero-order chi connectivity index (χ0) is 14.5. The maximum atomic E-state index is 11.3. The minimum absolute atomic E-state index is 0.0205. The number of anilines is 1. The molecule has 2 rings (SSSR count). The van der Waals surface area contributed by atoms with Crippen LogP contribution in [0.15, 0.2) is 29.4 Å². The van der Waals surface area contributed by atoms with Gasteiger partial charge in [-0.25, -0.2) is 4.98 Å². The summed E-state index contributed by atoms with van der Waals surface area (Å²) in [7, 11) is 1.63. The van der Waals surface area contributed by atoms with E-state index in [1.807, 2.05) is 31.2 Å². The van der Waals surface area contributed by atoms with Crippen LogP contribution >= 0.6 is 11.3 Å². The summed E-state index contributed by atoms with van der Waals surface area (Å²) in [6, 6.07) is 7.53. The number of aryl methyl sites for hydroxylation is 1. The van der Waals surface area contributed by atoms with Crippen molar-refractivity contribution < 1.29 is 9.53 Å². The number of carbonyl (C=O) groups is 1. The number of hydrazone groups is 1. The molecule has 0 aliphatic heterocycles. The molecule has 0 aliphatic carbocycles. The second-order valence-corrected chi connectivity index (χ2v) is 5.13. The van der Waals surface area contributed by atoms with Gasteiger partial charge in [0.2, 0.25) is 5.13 Å². The molecule has 0 saturated heterocycles. The minimum atomic E-state index is 0.0205. The second kappa shape index (κ2) is 6.29. The van der Waals surface area contributed by atoms with Crippen LogP contribution in [-0.4, -0.2) is 24.1 Å². The lowest BCUT2D eigenvalue weighted by atomic mass is 10.2. The Morgan fingerprint density at radius 1 is 1.40 bits per heavy atom. The zero-order valence-corrected chi connectivity index (χ0v) is 12.3. The summed E-state index contributed by atoms with van der Waals surface area (Å²) >= 11 is 1.30. The number of ether oxygens (including phenoxy) is 1. The van der Waals surface area contributed by atoms with Crippen molar-refractivity contribution in [2.75, 3.05) is 12.5 Å². The van der Waals surface area contributed by atoms with Crippen molar-refractivity contribution in [1.29, 1.82) is 0 Å². The molecule has 1 aromatic carbocycles. The zero-order valence-electron chi connectivity index (χ0n) is 11.5. The van der Waals surface area contributed by atoms with Crippen LogP contribution in [0.4, 0.5) is 5.13 Å². The summed E-state index contributed by atoms with van der Waals surface area (Å²) in [5, 5.41) is 4.71. The van der Waals surface area contributed by atoms with Gasteiger partial charge in [0.15, 0.2) is 5.78 Å². The number of hydrogen-bond acceptors (Lipinski definition) is 6. The Kier molecular flexibility index (Phi) is 4.47. The predicted octanol–water partition coefficient (Wildman–Crippen LogP) is 3.11. The number of hydrogen-bond donors (Lipinski definition) is 1. The molecule has 0 spiro atoms. The minimum Gasteiger partial charge on any atom is -0.497 e. The van der Waals surface area contributed by atoms with Gasteiger partial charge in [0.25, 0.3) is 0 Å². The Hall–Kier alpha value is -2.21. The van der Waals surface area contributed by atoms with Gasteiger partial charge in [-0.2, -0.15) is 5.10 Å². The Morgan fingerprint density at radius 3 is 2.65 bits per heavy atom. The van der Waals surface area contributed by atoms with Crippen LogP contribution in [0.1, 0.15) is 27.9 Å². The van der Waals surface area contributed by atoms with E-state index in [9.17, 15) is 4.79 Å². The molecule has 6 heteroatoms. The van der Waals surface area contributed by atoms with Gasteiger partial charge in [-0.05, 0) is 36.8 Å². The molecule has 20 heavy (non-hydrogen) atoms. The van der Waals surface area contributed by atoms with Crippen LogP contribution < -0.4 is 10.2 Å². The van der Waals surface area contributed by atoms with Crippen molar-refractivity contribution in [2.45, 2.75) is 13.8 Å². The van der Waals surface area contributed by atoms with E-state index in [0.29, 0.717) is 10.0 Å². The Balaban J connectivity index is 2.02. The molecule has 0 amide bonds. The van der Waals surface area contributed by atoms with Gasteiger partial charge in [0.05, 0.1) is 23.9 Å². The van der Waals surface area contributed by atoms with Crippen molar-refractivity contribution >= 4 is 28.5 Å². The molecule has 0 saturated carbocycles. The van der Waals surface area contributed by atoms with E-state index in [1.165, 1.54) is 18.3 Å². The summed E-state index contributed by atoms with van der Waals surface area (Å²) in [6.07, 6.45) is 1.68. The van der Waals surface area contributed by atoms with Crippen molar-refractivity contribution in [3.63, 3.8) is 0 Å². The highest BCUT2D eigenvalue weighted by Gasteiger charge is 2.10. The summed E-state index contributed by atoms with van der Waals surface area (Å²) in [4.78, 5) is 16.2. The number of rotatable bonds is 5. The summed E-state index contributed by atoms with van der Waals surface area (Å²) < 4.78 is 5.08. The average Bonchev–Trinajstić information content (AvgIpc) is 2.81. The molecular weight excluding hydrogens is 274 g/mol. The third-order valence-corrected chi connectivity index (χ3v) is 3.77. The van der Waals surface area contributed by atoms with Crippen LogP contribution in [-0.2, 0) is 0 Å². The molecule has 1 heterocycles. The van der Waals surface area contributed by atoms with Gasteiger partial charge in [0, 0.05) is 6.92 Å². The van der Waals surface area contributed by atoms with Crippen molar-refractivity contribution in [2.24, 2.45) is 5.10 Å². The number of thiazole rings is 1. The Labute approximate surface area is 121 Å². The average molecular weight is 289 g/mol. The molecule has 5 nitrogen and oxygen atoms in total. The van der Waals surface area contributed by atoms with E-state index in [0.717, 1.165) is 17.0 Å². The van der Waals surface area contributed by atoms with Crippen LogP contribution in [0.3, 0.4) is 0 Å². The van der Waals surface area contributed by atoms with E-state index >= 15 is 0 Å². The fraction of sp³-hybridized carbons (Fsp3) is 0.214.